The molecule has 1 unspecified atom stereocenters. The summed E-state index contributed by atoms with van der Waals surface area (Å²) in [4.78, 5) is 12.1. The van der Waals surface area contributed by atoms with Gasteiger partial charge in [-0.1, -0.05) is 30.3 Å². The highest BCUT2D eigenvalue weighted by Gasteiger charge is 2.31. The van der Waals surface area contributed by atoms with Crippen molar-refractivity contribution in [2.45, 2.75) is 18.5 Å². The molecule has 2 N–H and O–H groups in total. The van der Waals surface area contributed by atoms with E-state index >= 15 is 0 Å². The van der Waals surface area contributed by atoms with Gasteiger partial charge in [-0.25, -0.2) is 10.2 Å². The zero-order valence-corrected chi connectivity index (χ0v) is 18.1. The van der Waals surface area contributed by atoms with Crippen molar-refractivity contribution in [2.24, 2.45) is 5.10 Å². The maximum Gasteiger partial charge on any atom is 0.573 e. The molecule has 0 spiro atoms. The lowest BCUT2D eigenvalue weighted by Crippen LogP contribution is -2.24. The molecule has 3 rings (SSSR count). The number of hydrazone groups is 1. The number of hydrogen-bond donors (Lipinski definition) is 2. The number of carbonyl (C=O) groups is 1. The van der Waals surface area contributed by atoms with Gasteiger partial charge < -0.3 is 10.1 Å². The lowest BCUT2D eigenvalue weighted by molar-refractivity contribution is -0.274. The SMILES string of the molecule is N#Cc1ccc(C(C=NNC(=O)Nc2ccc(OC(F)(F)F)cc2)c2cccc(C(F)(F)F)c2)cc1. The molecule has 6 nitrogen and oxygen atoms in total. The van der Waals surface area contributed by atoms with Crippen molar-refractivity contribution >= 4 is 17.9 Å². The summed E-state index contributed by atoms with van der Waals surface area (Å²) < 4.78 is 80.1. The van der Waals surface area contributed by atoms with Gasteiger partial charge >= 0.3 is 18.6 Å². The van der Waals surface area contributed by atoms with E-state index in [2.05, 4.69) is 20.6 Å². The first-order chi connectivity index (χ1) is 16.9. The van der Waals surface area contributed by atoms with E-state index in [4.69, 9.17) is 5.26 Å². The lowest BCUT2D eigenvalue weighted by Gasteiger charge is -2.16. The number of amides is 2. The first-order valence-corrected chi connectivity index (χ1v) is 10.1. The van der Waals surface area contributed by atoms with Crippen LogP contribution in [0.5, 0.6) is 5.75 Å². The monoisotopic (exact) mass is 506 g/mol. The van der Waals surface area contributed by atoms with Crippen molar-refractivity contribution in [1.29, 1.82) is 5.26 Å². The predicted molar refractivity (Wildman–Crippen MR) is 118 cm³/mol. The van der Waals surface area contributed by atoms with Crippen LogP contribution in [0.15, 0.2) is 77.9 Å². The molecule has 3 aromatic carbocycles. The average molecular weight is 506 g/mol. The number of nitrogens with one attached hydrogen (secondary N) is 2. The molecule has 0 saturated heterocycles. The summed E-state index contributed by atoms with van der Waals surface area (Å²) in [5.41, 5.74) is 2.53. The Balaban J connectivity index is 1.75. The zero-order chi connectivity index (χ0) is 26.3. The van der Waals surface area contributed by atoms with Crippen LogP contribution in [-0.2, 0) is 6.18 Å². The minimum atomic E-state index is -4.86. The van der Waals surface area contributed by atoms with E-state index in [1.54, 1.807) is 12.1 Å². The fourth-order valence-electron chi connectivity index (χ4n) is 3.11. The largest absolute Gasteiger partial charge is 0.573 e. The maximum atomic E-state index is 13.2. The summed E-state index contributed by atoms with van der Waals surface area (Å²) in [5, 5.41) is 15.1. The van der Waals surface area contributed by atoms with Crippen LogP contribution in [0, 0.1) is 11.3 Å². The molecule has 0 aliphatic rings. The number of nitrogens with zero attached hydrogens (tertiary/aromatic N) is 2. The molecule has 2 amide bonds. The number of benzene rings is 3. The Labute approximate surface area is 200 Å². The molecule has 36 heavy (non-hydrogen) atoms. The van der Waals surface area contributed by atoms with E-state index in [1.807, 2.05) is 6.07 Å². The Bertz CT molecular complexity index is 1260. The van der Waals surface area contributed by atoms with E-state index in [-0.39, 0.29) is 11.3 Å². The van der Waals surface area contributed by atoms with E-state index in [0.717, 1.165) is 24.3 Å². The van der Waals surface area contributed by atoms with Crippen molar-refractivity contribution in [1.82, 2.24) is 5.43 Å². The summed E-state index contributed by atoms with van der Waals surface area (Å²) in [7, 11) is 0. The van der Waals surface area contributed by atoms with Crippen LogP contribution in [0.4, 0.5) is 36.8 Å². The van der Waals surface area contributed by atoms with E-state index in [0.29, 0.717) is 11.1 Å². The molecule has 0 fully saturated rings. The van der Waals surface area contributed by atoms with Gasteiger partial charge in [-0.2, -0.15) is 23.5 Å². The smallest absolute Gasteiger partial charge is 0.406 e. The van der Waals surface area contributed by atoms with Gasteiger partial charge in [0.1, 0.15) is 5.75 Å². The molecule has 0 saturated carbocycles. The second kappa shape index (κ2) is 10.8. The van der Waals surface area contributed by atoms with Crippen molar-refractivity contribution in [2.75, 3.05) is 5.32 Å². The number of anilines is 1. The average Bonchev–Trinajstić information content (AvgIpc) is 2.82. The molecule has 0 aliphatic heterocycles. The molecule has 1 atom stereocenters. The van der Waals surface area contributed by atoms with Gasteiger partial charge in [0.05, 0.1) is 17.2 Å². The van der Waals surface area contributed by atoms with Crippen molar-refractivity contribution in [3.63, 3.8) is 0 Å². The van der Waals surface area contributed by atoms with E-state index in [1.165, 1.54) is 42.6 Å². The van der Waals surface area contributed by atoms with E-state index in [9.17, 15) is 31.1 Å². The molecule has 0 aromatic heterocycles. The van der Waals surface area contributed by atoms with Crippen LogP contribution in [0.3, 0.4) is 0 Å². The first-order valence-electron chi connectivity index (χ1n) is 10.1. The summed E-state index contributed by atoms with van der Waals surface area (Å²) in [6.45, 7) is 0. The van der Waals surface area contributed by atoms with Crippen molar-refractivity contribution < 1.29 is 35.9 Å². The van der Waals surface area contributed by atoms with Gasteiger partial charge in [-0.15, -0.1) is 13.2 Å². The Morgan fingerprint density at radius 3 is 2.19 bits per heavy atom. The minimum Gasteiger partial charge on any atom is -0.406 e. The van der Waals surface area contributed by atoms with Crippen LogP contribution in [0.1, 0.15) is 28.2 Å². The van der Waals surface area contributed by atoms with Gasteiger partial charge in [0, 0.05) is 17.8 Å². The molecule has 12 heteroatoms. The number of rotatable bonds is 6. The molecule has 0 radical (unpaired) electrons. The third-order valence-corrected chi connectivity index (χ3v) is 4.71. The fraction of sp³-hybridized carbons (Fsp3) is 0.125. The number of halogens is 6. The predicted octanol–water partition coefficient (Wildman–Crippen LogP) is 6.42. The van der Waals surface area contributed by atoms with Gasteiger partial charge in [0.2, 0.25) is 0 Å². The highest BCUT2D eigenvalue weighted by Crippen LogP contribution is 2.32. The Morgan fingerprint density at radius 1 is 0.944 bits per heavy atom. The first kappa shape index (κ1) is 26.1. The summed E-state index contributed by atoms with van der Waals surface area (Å²) >= 11 is 0. The van der Waals surface area contributed by atoms with Crippen molar-refractivity contribution in [3.05, 3.63) is 95.1 Å². The summed E-state index contributed by atoms with van der Waals surface area (Å²) in [5.74, 6) is -1.28. The number of urea groups is 1. The second-order valence-corrected chi connectivity index (χ2v) is 7.25. The summed E-state index contributed by atoms with van der Waals surface area (Å²) in [6.07, 6.45) is -8.20. The topological polar surface area (TPSA) is 86.5 Å². The van der Waals surface area contributed by atoms with Crippen LogP contribution >= 0.6 is 0 Å². The molecule has 0 bridgehead atoms. The van der Waals surface area contributed by atoms with Crippen LogP contribution in [0.25, 0.3) is 0 Å². The van der Waals surface area contributed by atoms with Crippen molar-refractivity contribution in [3.8, 4) is 11.8 Å². The Kier molecular flexibility index (Phi) is 7.83. The highest BCUT2D eigenvalue weighted by atomic mass is 19.4. The van der Waals surface area contributed by atoms with Gasteiger partial charge in [-0.3, -0.25) is 0 Å². The zero-order valence-electron chi connectivity index (χ0n) is 18.1. The normalized spacial score (nSPS) is 12.6. The van der Waals surface area contributed by atoms with Crippen LogP contribution in [0.2, 0.25) is 0 Å². The summed E-state index contributed by atoms with van der Waals surface area (Å²) in [6, 6.07) is 16.1. The highest BCUT2D eigenvalue weighted by molar-refractivity contribution is 5.89. The second-order valence-electron chi connectivity index (χ2n) is 7.25. The molecule has 3 aromatic rings. The van der Waals surface area contributed by atoms with Gasteiger partial charge in [0.15, 0.2) is 0 Å². The fourth-order valence-corrected chi connectivity index (χ4v) is 3.11. The molecule has 186 valence electrons. The number of alkyl halides is 6. The number of nitriles is 1. The molecule has 0 heterocycles. The van der Waals surface area contributed by atoms with Gasteiger partial charge in [0.25, 0.3) is 0 Å². The lowest BCUT2D eigenvalue weighted by atomic mass is 9.91. The molecular weight excluding hydrogens is 490 g/mol. The van der Waals surface area contributed by atoms with E-state index < -0.39 is 35.8 Å². The standard InChI is InChI=1S/C24H16F6N4O2/c25-23(26,27)18-3-1-2-17(12-18)21(16-6-4-15(13-31)5-7-16)14-32-34-22(35)33-19-8-10-20(11-9-19)36-24(28,29)30/h1-12,14,21H,(H2,33,34,35). The Hall–Kier alpha value is -4.53. The Morgan fingerprint density at radius 2 is 1.61 bits per heavy atom. The molecule has 0 aliphatic carbocycles. The van der Waals surface area contributed by atoms with Gasteiger partial charge in [-0.05, 0) is 53.6 Å². The number of ether oxygens (including phenoxy) is 1. The third kappa shape index (κ3) is 7.49. The number of hydrogen-bond acceptors (Lipinski definition) is 4. The van der Waals surface area contributed by atoms with Crippen LogP contribution < -0.4 is 15.5 Å². The maximum absolute atomic E-state index is 13.2. The minimum absolute atomic E-state index is 0.138. The third-order valence-electron chi connectivity index (χ3n) is 4.71. The molecular formula is C24H16F6N4O2. The quantitative estimate of drug-likeness (QED) is 0.230. The number of carbonyl (C=O) groups excluding carboxylic acids is 1. The van der Waals surface area contributed by atoms with Crippen LogP contribution in [-0.4, -0.2) is 18.6 Å².